The van der Waals surface area contributed by atoms with Crippen LogP contribution in [0.2, 0.25) is 0 Å². The van der Waals surface area contributed by atoms with Crippen LogP contribution < -0.4 is 4.74 Å². The zero-order chi connectivity index (χ0) is 20.5. The van der Waals surface area contributed by atoms with E-state index in [1.54, 1.807) is 30.3 Å². The lowest BCUT2D eigenvalue weighted by Gasteiger charge is -2.01. The minimum atomic E-state index is -2.54. The summed E-state index contributed by atoms with van der Waals surface area (Å²) in [5, 5.41) is 8.72. The van der Waals surface area contributed by atoms with E-state index in [2.05, 4.69) is 4.74 Å². The predicted molar refractivity (Wildman–Crippen MR) is 98.3 cm³/mol. The molecule has 0 heterocycles. The van der Waals surface area contributed by atoms with Crippen LogP contribution in [0.4, 0.5) is 13.2 Å². The van der Waals surface area contributed by atoms with Gasteiger partial charge in [-0.3, -0.25) is 9.59 Å². The third-order valence-electron chi connectivity index (χ3n) is 3.45. The van der Waals surface area contributed by atoms with E-state index < -0.39 is 18.1 Å². The van der Waals surface area contributed by atoms with Crippen molar-refractivity contribution in [2.24, 2.45) is 0 Å². The van der Waals surface area contributed by atoms with Crippen LogP contribution >= 0.6 is 0 Å². The first-order valence-electron chi connectivity index (χ1n) is 8.03. The number of aliphatic carboxylic acids is 1. The number of halogens is 3. The lowest BCUT2D eigenvalue weighted by atomic mass is 10.1. The molecule has 2 aromatic carbocycles. The number of benzene rings is 2. The molecule has 144 valence electrons. The topological polar surface area (TPSA) is 63.6 Å². The normalized spacial score (nSPS) is 11.0. The van der Waals surface area contributed by atoms with Crippen LogP contribution in [0.5, 0.6) is 5.75 Å². The molecule has 0 unspecified atom stereocenters. The van der Waals surface area contributed by atoms with E-state index in [4.69, 9.17) is 5.11 Å². The number of carbonyl (C=O) groups is 2. The molecule has 0 fully saturated rings. The van der Waals surface area contributed by atoms with Crippen LogP contribution in [0.25, 0.3) is 12.2 Å². The summed E-state index contributed by atoms with van der Waals surface area (Å²) >= 11 is 0. The van der Waals surface area contributed by atoms with Crippen molar-refractivity contribution in [2.45, 2.75) is 6.42 Å². The Morgan fingerprint density at radius 1 is 0.857 bits per heavy atom. The first kappa shape index (κ1) is 20.7. The van der Waals surface area contributed by atoms with Crippen molar-refractivity contribution in [2.75, 3.05) is 0 Å². The molecule has 4 nitrogen and oxygen atoms in total. The van der Waals surface area contributed by atoms with Gasteiger partial charge in [-0.05, 0) is 41.0 Å². The zero-order valence-electron chi connectivity index (χ0n) is 14.4. The average molecular weight is 388 g/mol. The fourth-order valence-corrected chi connectivity index (χ4v) is 2.12. The number of hydrogen-bond donors (Lipinski definition) is 1. The fourth-order valence-electron chi connectivity index (χ4n) is 2.12. The molecule has 1 N–H and O–H groups in total. The van der Waals surface area contributed by atoms with Gasteiger partial charge < -0.3 is 9.84 Å². The Hall–Kier alpha value is -3.61. The summed E-state index contributed by atoms with van der Waals surface area (Å²) in [6.07, 6.45) is 3.15. The molecule has 0 radical (unpaired) electrons. The van der Waals surface area contributed by atoms with Crippen LogP contribution in [0.15, 0.2) is 72.8 Å². The highest BCUT2D eigenvalue weighted by Crippen LogP contribution is 2.19. The standard InChI is InChI=1S/C21H15F3O4/c22-20(23)21(24)28-18-11-7-15(8-12-18)6-10-17(25)9-5-14-1-3-16(4-2-14)13-19(26)27/h1-12H,13H2,(H,26,27). The van der Waals surface area contributed by atoms with Gasteiger partial charge in [0.1, 0.15) is 5.75 Å². The molecule has 7 heteroatoms. The van der Waals surface area contributed by atoms with Gasteiger partial charge in [-0.1, -0.05) is 48.6 Å². The minimum Gasteiger partial charge on any atom is -0.481 e. The summed E-state index contributed by atoms with van der Waals surface area (Å²) in [6.45, 7) is 0. The van der Waals surface area contributed by atoms with Gasteiger partial charge in [-0.25, -0.2) is 0 Å². The Morgan fingerprint density at radius 3 is 1.82 bits per heavy atom. The summed E-state index contributed by atoms with van der Waals surface area (Å²) in [5.74, 6) is -1.30. The Morgan fingerprint density at radius 2 is 1.36 bits per heavy atom. The highest BCUT2D eigenvalue weighted by molar-refractivity contribution is 6.04. The van der Waals surface area contributed by atoms with E-state index in [0.29, 0.717) is 11.1 Å². The molecule has 0 saturated carbocycles. The van der Waals surface area contributed by atoms with Crippen molar-refractivity contribution in [1.82, 2.24) is 0 Å². The second-order valence-electron chi connectivity index (χ2n) is 5.59. The van der Waals surface area contributed by atoms with E-state index in [1.165, 1.54) is 42.5 Å². The summed E-state index contributed by atoms with van der Waals surface area (Å²) in [4.78, 5) is 22.5. The van der Waals surface area contributed by atoms with Gasteiger partial charge in [-0.2, -0.15) is 13.2 Å². The number of carboxylic acids is 1. The Labute approximate surface area is 158 Å². The van der Waals surface area contributed by atoms with E-state index in [0.717, 1.165) is 5.56 Å². The molecule has 0 amide bonds. The highest BCUT2D eigenvalue weighted by Gasteiger charge is 2.07. The highest BCUT2D eigenvalue weighted by atomic mass is 19.3. The summed E-state index contributed by atoms with van der Waals surface area (Å²) in [6, 6.07) is 10.3. The molecule has 2 rings (SSSR count). The number of rotatable bonds is 8. The number of hydrogen-bond acceptors (Lipinski definition) is 3. The van der Waals surface area contributed by atoms with Crippen molar-refractivity contribution in [3.8, 4) is 5.75 Å². The van der Waals surface area contributed by atoms with Gasteiger partial charge in [0.2, 0.25) is 0 Å². The quantitative estimate of drug-likeness (QED) is 0.509. The van der Waals surface area contributed by atoms with Crippen molar-refractivity contribution in [3.05, 3.63) is 89.5 Å². The van der Waals surface area contributed by atoms with E-state index in [9.17, 15) is 22.8 Å². The average Bonchev–Trinajstić information content (AvgIpc) is 2.66. The molecular formula is C21H15F3O4. The third-order valence-corrected chi connectivity index (χ3v) is 3.45. The molecule has 0 aromatic heterocycles. The molecular weight excluding hydrogens is 373 g/mol. The fraction of sp³-hybridized carbons (Fsp3) is 0.0476. The molecule has 0 bridgehead atoms. The van der Waals surface area contributed by atoms with Crippen LogP contribution in [0, 0.1) is 0 Å². The molecule has 0 spiro atoms. The van der Waals surface area contributed by atoms with Gasteiger partial charge in [0.05, 0.1) is 6.42 Å². The maximum absolute atomic E-state index is 12.7. The minimum absolute atomic E-state index is 0.0683. The Balaban J connectivity index is 1.93. The molecule has 0 aliphatic carbocycles. The number of carbonyl (C=O) groups excluding carboxylic acids is 1. The Kier molecular flexibility index (Phi) is 7.33. The summed E-state index contributed by atoms with van der Waals surface area (Å²) < 4.78 is 40.9. The van der Waals surface area contributed by atoms with Crippen molar-refractivity contribution >= 4 is 23.9 Å². The van der Waals surface area contributed by atoms with Crippen LogP contribution in [-0.2, 0) is 16.0 Å². The molecule has 2 aromatic rings. The van der Waals surface area contributed by atoms with Crippen LogP contribution in [0.3, 0.4) is 0 Å². The monoisotopic (exact) mass is 388 g/mol. The van der Waals surface area contributed by atoms with Crippen molar-refractivity contribution < 1.29 is 32.6 Å². The number of carboxylic acid groups (broad SMARTS) is 1. The van der Waals surface area contributed by atoms with Gasteiger partial charge in [0, 0.05) is 0 Å². The summed E-state index contributed by atoms with van der Waals surface area (Å²) in [7, 11) is 0. The number of ether oxygens (including phenoxy) is 1. The maximum atomic E-state index is 12.7. The summed E-state index contributed by atoms with van der Waals surface area (Å²) in [5.41, 5.74) is 2.00. The van der Waals surface area contributed by atoms with Gasteiger partial charge in [0.25, 0.3) is 0 Å². The van der Waals surface area contributed by atoms with Crippen molar-refractivity contribution in [3.63, 3.8) is 0 Å². The largest absolute Gasteiger partial charge is 0.481 e. The zero-order valence-corrected chi connectivity index (χ0v) is 14.4. The molecule has 0 aliphatic heterocycles. The number of allylic oxidation sites excluding steroid dienone is 2. The van der Waals surface area contributed by atoms with Crippen LogP contribution in [-0.4, -0.2) is 16.9 Å². The third kappa shape index (κ3) is 6.95. The number of ketones is 1. The van der Waals surface area contributed by atoms with E-state index in [-0.39, 0.29) is 18.0 Å². The SMILES string of the molecule is O=C(C=Cc1ccc(CC(=O)O)cc1)C=Cc1ccc(OC(F)=C(F)F)cc1. The molecule has 28 heavy (non-hydrogen) atoms. The second kappa shape index (κ2) is 9.91. The lowest BCUT2D eigenvalue weighted by molar-refractivity contribution is -0.136. The Bertz CT molecular complexity index is 923. The lowest BCUT2D eigenvalue weighted by Crippen LogP contribution is -1.99. The maximum Gasteiger partial charge on any atom is 0.344 e. The van der Waals surface area contributed by atoms with Crippen molar-refractivity contribution in [1.29, 1.82) is 0 Å². The molecule has 0 saturated heterocycles. The van der Waals surface area contributed by atoms with E-state index >= 15 is 0 Å². The molecule has 0 atom stereocenters. The predicted octanol–water partition coefficient (Wildman–Crippen LogP) is 5.02. The van der Waals surface area contributed by atoms with Crippen LogP contribution in [0.1, 0.15) is 16.7 Å². The van der Waals surface area contributed by atoms with E-state index in [1.807, 2.05) is 0 Å². The smallest absolute Gasteiger partial charge is 0.344 e. The first-order valence-corrected chi connectivity index (χ1v) is 8.03. The van der Waals surface area contributed by atoms with Gasteiger partial charge in [-0.15, -0.1) is 0 Å². The van der Waals surface area contributed by atoms with Gasteiger partial charge >= 0.3 is 18.1 Å². The molecule has 0 aliphatic rings. The second-order valence-corrected chi connectivity index (χ2v) is 5.59. The van der Waals surface area contributed by atoms with Gasteiger partial charge in [0.15, 0.2) is 5.78 Å². The first-order chi connectivity index (χ1) is 13.3.